The van der Waals surface area contributed by atoms with E-state index in [-0.39, 0.29) is 6.04 Å². The van der Waals surface area contributed by atoms with Gasteiger partial charge >= 0.3 is 0 Å². The first-order valence-corrected chi connectivity index (χ1v) is 5.09. The second-order valence-corrected chi connectivity index (χ2v) is 3.62. The summed E-state index contributed by atoms with van der Waals surface area (Å²) in [5.74, 6) is 0.925. The molecule has 2 N–H and O–H groups in total. The monoisotopic (exact) mass is 193 g/mol. The first kappa shape index (κ1) is 11.1. The lowest BCUT2D eigenvalue weighted by Gasteiger charge is -2.13. The number of methoxy groups -OCH3 is 1. The summed E-state index contributed by atoms with van der Waals surface area (Å²) in [6.45, 7) is 4.18. The number of hydrogen-bond donors (Lipinski definition) is 1. The fourth-order valence-corrected chi connectivity index (χ4v) is 1.54. The molecule has 0 saturated carbocycles. The molecule has 0 radical (unpaired) electrons. The predicted octanol–water partition coefficient (Wildman–Crippen LogP) is 2.80. The van der Waals surface area contributed by atoms with Gasteiger partial charge in [-0.15, -0.1) is 0 Å². The van der Waals surface area contributed by atoms with Gasteiger partial charge in [-0.2, -0.15) is 0 Å². The molecule has 1 rings (SSSR count). The Bertz CT molecular complexity index is 296. The van der Waals surface area contributed by atoms with Crippen LogP contribution in [0.15, 0.2) is 18.2 Å². The Morgan fingerprint density at radius 2 is 2.14 bits per heavy atom. The summed E-state index contributed by atoms with van der Waals surface area (Å²) in [5, 5.41) is 0. The summed E-state index contributed by atoms with van der Waals surface area (Å²) < 4.78 is 5.26. The molecule has 0 saturated heterocycles. The lowest BCUT2D eigenvalue weighted by molar-refractivity contribution is 0.410. The normalized spacial score (nSPS) is 12.6. The second-order valence-electron chi connectivity index (χ2n) is 3.62. The lowest BCUT2D eigenvalue weighted by atomic mass is 10.0. The van der Waals surface area contributed by atoms with Gasteiger partial charge in [0.25, 0.3) is 0 Å². The van der Waals surface area contributed by atoms with E-state index in [9.17, 15) is 0 Å². The Labute approximate surface area is 86.1 Å². The van der Waals surface area contributed by atoms with Crippen LogP contribution >= 0.6 is 0 Å². The SMILES string of the molecule is CCCC(N)c1ccc(C)c(OC)c1. The van der Waals surface area contributed by atoms with Crippen LogP contribution in [0.1, 0.15) is 36.9 Å². The molecule has 0 amide bonds. The Hall–Kier alpha value is -1.02. The highest BCUT2D eigenvalue weighted by Gasteiger charge is 2.07. The van der Waals surface area contributed by atoms with Crippen molar-refractivity contribution in [3.05, 3.63) is 29.3 Å². The van der Waals surface area contributed by atoms with Crippen LogP contribution in [-0.4, -0.2) is 7.11 Å². The van der Waals surface area contributed by atoms with Crippen LogP contribution < -0.4 is 10.5 Å². The quantitative estimate of drug-likeness (QED) is 0.798. The summed E-state index contributed by atoms with van der Waals surface area (Å²) in [5.41, 5.74) is 8.34. The number of nitrogens with two attached hydrogens (primary N) is 1. The van der Waals surface area contributed by atoms with E-state index in [1.54, 1.807) is 7.11 Å². The van der Waals surface area contributed by atoms with Gasteiger partial charge in [-0.05, 0) is 30.5 Å². The Morgan fingerprint density at radius 3 is 2.71 bits per heavy atom. The Balaban J connectivity index is 2.88. The van der Waals surface area contributed by atoms with Crippen LogP contribution in [0.25, 0.3) is 0 Å². The average molecular weight is 193 g/mol. The number of benzene rings is 1. The van der Waals surface area contributed by atoms with Crippen molar-refractivity contribution in [1.82, 2.24) is 0 Å². The van der Waals surface area contributed by atoms with Crippen LogP contribution in [-0.2, 0) is 0 Å². The third kappa shape index (κ3) is 2.48. The zero-order valence-corrected chi connectivity index (χ0v) is 9.21. The van der Waals surface area contributed by atoms with Crippen molar-refractivity contribution in [3.63, 3.8) is 0 Å². The van der Waals surface area contributed by atoms with Gasteiger partial charge in [-0.25, -0.2) is 0 Å². The fraction of sp³-hybridized carbons (Fsp3) is 0.500. The summed E-state index contributed by atoms with van der Waals surface area (Å²) >= 11 is 0. The molecule has 1 atom stereocenters. The van der Waals surface area contributed by atoms with Gasteiger partial charge in [-0.3, -0.25) is 0 Å². The predicted molar refractivity (Wildman–Crippen MR) is 59.6 cm³/mol. The first-order chi connectivity index (χ1) is 6.69. The van der Waals surface area contributed by atoms with Gasteiger partial charge in [0.1, 0.15) is 5.75 Å². The third-order valence-electron chi connectivity index (χ3n) is 2.46. The average Bonchev–Trinajstić information content (AvgIpc) is 2.19. The van der Waals surface area contributed by atoms with E-state index < -0.39 is 0 Å². The number of ether oxygens (including phenoxy) is 1. The minimum absolute atomic E-state index is 0.134. The zero-order valence-electron chi connectivity index (χ0n) is 9.21. The van der Waals surface area contributed by atoms with Crippen LogP contribution in [0, 0.1) is 6.92 Å². The van der Waals surface area contributed by atoms with Crippen molar-refractivity contribution in [3.8, 4) is 5.75 Å². The highest BCUT2D eigenvalue weighted by molar-refractivity contribution is 5.37. The molecule has 1 aromatic rings. The smallest absolute Gasteiger partial charge is 0.122 e. The minimum atomic E-state index is 0.134. The van der Waals surface area contributed by atoms with Crippen molar-refractivity contribution in [1.29, 1.82) is 0 Å². The van der Waals surface area contributed by atoms with Crippen molar-refractivity contribution in [2.75, 3.05) is 7.11 Å². The van der Waals surface area contributed by atoms with Crippen molar-refractivity contribution < 1.29 is 4.74 Å². The van der Waals surface area contributed by atoms with E-state index in [1.165, 1.54) is 0 Å². The Kier molecular flexibility index (Phi) is 3.96. The molecule has 0 aromatic heterocycles. The van der Waals surface area contributed by atoms with Gasteiger partial charge in [0.2, 0.25) is 0 Å². The summed E-state index contributed by atoms with van der Waals surface area (Å²) in [6, 6.07) is 6.31. The molecule has 0 heterocycles. The van der Waals surface area contributed by atoms with Crippen molar-refractivity contribution >= 4 is 0 Å². The molecule has 0 aliphatic heterocycles. The van der Waals surface area contributed by atoms with Gasteiger partial charge in [0.15, 0.2) is 0 Å². The summed E-state index contributed by atoms with van der Waals surface area (Å²) in [7, 11) is 1.69. The molecule has 1 aromatic carbocycles. The summed E-state index contributed by atoms with van der Waals surface area (Å²) in [6.07, 6.45) is 2.13. The molecular formula is C12H19NO. The van der Waals surface area contributed by atoms with E-state index in [0.29, 0.717) is 0 Å². The highest BCUT2D eigenvalue weighted by atomic mass is 16.5. The molecule has 78 valence electrons. The van der Waals surface area contributed by atoms with Crippen LogP contribution in [0.2, 0.25) is 0 Å². The topological polar surface area (TPSA) is 35.2 Å². The van der Waals surface area contributed by atoms with E-state index >= 15 is 0 Å². The standard InChI is InChI=1S/C12H19NO/c1-4-5-11(13)10-7-6-9(2)12(8-10)14-3/h6-8,11H,4-5,13H2,1-3H3. The molecule has 0 spiro atoms. The van der Waals surface area contributed by atoms with Crippen LogP contribution in [0.3, 0.4) is 0 Å². The van der Waals surface area contributed by atoms with Gasteiger partial charge in [0, 0.05) is 6.04 Å². The molecule has 0 bridgehead atoms. The maximum atomic E-state index is 6.02. The lowest BCUT2D eigenvalue weighted by Crippen LogP contribution is -2.09. The molecule has 2 heteroatoms. The van der Waals surface area contributed by atoms with Crippen LogP contribution in [0.4, 0.5) is 0 Å². The molecular weight excluding hydrogens is 174 g/mol. The molecule has 0 aliphatic carbocycles. The van der Waals surface area contributed by atoms with Crippen LogP contribution in [0.5, 0.6) is 5.75 Å². The van der Waals surface area contributed by atoms with Gasteiger partial charge in [0.05, 0.1) is 7.11 Å². The van der Waals surface area contributed by atoms with Crippen molar-refractivity contribution in [2.45, 2.75) is 32.7 Å². The van der Waals surface area contributed by atoms with Gasteiger partial charge in [-0.1, -0.05) is 25.5 Å². The fourth-order valence-electron chi connectivity index (χ4n) is 1.54. The molecule has 1 unspecified atom stereocenters. The molecule has 2 nitrogen and oxygen atoms in total. The maximum absolute atomic E-state index is 6.02. The van der Waals surface area contributed by atoms with E-state index in [2.05, 4.69) is 19.1 Å². The molecule has 0 fully saturated rings. The third-order valence-corrected chi connectivity index (χ3v) is 2.46. The Morgan fingerprint density at radius 1 is 1.43 bits per heavy atom. The summed E-state index contributed by atoms with van der Waals surface area (Å²) in [4.78, 5) is 0. The molecule has 0 aliphatic rings. The maximum Gasteiger partial charge on any atom is 0.122 e. The van der Waals surface area contributed by atoms with E-state index in [0.717, 1.165) is 29.7 Å². The van der Waals surface area contributed by atoms with E-state index in [1.807, 2.05) is 13.0 Å². The minimum Gasteiger partial charge on any atom is -0.496 e. The number of aryl methyl sites for hydroxylation is 1. The number of rotatable bonds is 4. The number of hydrogen-bond acceptors (Lipinski definition) is 2. The van der Waals surface area contributed by atoms with Crippen molar-refractivity contribution in [2.24, 2.45) is 5.73 Å². The largest absolute Gasteiger partial charge is 0.496 e. The highest BCUT2D eigenvalue weighted by Crippen LogP contribution is 2.23. The first-order valence-electron chi connectivity index (χ1n) is 5.09. The van der Waals surface area contributed by atoms with Gasteiger partial charge < -0.3 is 10.5 Å². The molecule has 14 heavy (non-hydrogen) atoms. The zero-order chi connectivity index (χ0) is 10.6. The van der Waals surface area contributed by atoms with E-state index in [4.69, 9.17) is 10.5 Å². The second kappa shape index (κ2) is 5.01.